The number of nitrogens with zero attached hydrogens (tertiary/aromatic N) is 2. The first-order valence-corrected chi connectivity index (χ1v) is 7.61. The van der Waals surface area contributed by atoms with E-state index >= 15 is 0 Å². The van der Waals surface area contributed by atoms with E-state index in [0.717, 1.165) is 12.1 Å². The van der Waals surface area contributed by atoms with Gasteiger partial charge < -0.3 is 10.1 Å². The third-order valence-electron chi connectivity index (χ3n) is 3.51. The van der Waals surface area contributed by atoms with Gasteiger partial charge in [-0.15, -0.1) is 0 Å². The molecule has 1 heterocycles. The van der Waals surface area contributed by atoms with E-state index in [2.05, 4.69) is 15.3 Å². The molecule has 0 aliphatic rings. The van der Waals surface area contributed by atoms with Crippen molar-refractivity contribution in [2.24, 2.45) is 0 Å². The van der Waals surface area contributed by atoms with Crippen molar-refractivity contribution in [2.45, 2.75) is 19.5 Å². The van der Waals surface area contributed by atoms with Gasteiger partial charge in [0.2, 0.25) is 0 Å². The molecule has 0 bridgehead atoms. The second-order valence-corrected chi connectivity index (χ2v) is 5.37. The van der Waals surface area contributed by atoms with Crippen molar-refractivity contribution >= 4 is 5.91 Å². The Bertz CT molecular complexity index is 731. The van der Waals surface area contributed by atoms with Gasteiger partial charge in [0, 0.05) is 32.0 Å². The molecule has 1 aromatic carbocycles. The number of rotatable bonds is 6. The first kappa shape index (κ1) is 18.9. The summed E-state index contributed by atoms with van der Waals surface area (Å²) in [6.07, 6.45) is -2.33. The maximum atomic E-state index is 12.6. The molecule has 0 aliphatic carbocycles. The number of halogens is 3. The molecule has 0 atom stereocenters. The van der Waals surface area contributed by atoms with Crippen LogP contribution in [-0.2, 0) is 10.9 Å². The number of benzene rings is 1. The number of hydrogen-bond donors (Lipinski definition) is 1. The lowest BCUT2D eigenvalue weighted by molar-refractivity contribution is -0.137. The summed E-state index contributed by atoms with van der Waals surface area (Å²) in [6, 6.07) is 4.57. The molecule has 2 rings (SSSR count). The molecule has 0 spiro atoms. The van der Waals surface area contributed by atoms with Gasteiger partial charge in [0.05, 0.1) is 16.8 Å². The fourth-order valence-electron chi connectivity index (χ4n) is 2.15. The van der Waals surface area contributed by atoms with Crippen molar-refractivity contribution in [1.29, 1.82) is 0 Å². The molecule has 2 aromatic rings. The van der Waals surface area contributed by atoms with E-state index in [-0.39, 0.29) is 11.7 Å². The van der Waals surface area contributed by atoms with Gasteiger partial charge in [-0.3, -0.25) is 4.79 Å². The smallest absolute Gasteiger partial charge is 0.385 e. The molecule has 1 amide bonds. The molecule has 1 aromatic heterocycles. The molecule has 5 nitrogen and oxygen atoms in total. The van der Waals surface area contributed by atoms with Gasteiger partial charge in [-0.05, 0) is 25.5 Å². The Morgan fingerprint density at radius 3 is 2.48 bits per heavy atom. The van der Waals surface area contributed by atoms with E-state index in [4.69, 9.17) is 4.74 Å². The lowest BCUT2D eigenvalue weighted by Gasteiger charge is -2.09. The van der Waals surface area contributed by atoms with E-state index in [1.165, 1.54) is 18.3 Å². The fraction of sp³-hybridized carbons (Fsp3) is 0.353. The topological polar surface area (TPSA) is 64.1 Å². The molecule has 25 heavy (non-hydrogen) atoms. The first-order valence-electron chi connectivity index (χ1n) is 7.61. The summed E-state index contributed by atoms with van der Waals surface area (Å²) < 4.78 is 42.7. The number of carbonyl (C=O) groups excluding carboxylic acids is 1. The summed E-state index contributed by atoms with van der Waals surface area (Å²) in [6.45, 7) is 2.66. The Labute approximate surface area is 143 Å². The van der Waals surface area contributed by atoms with Crippen LogP contribution in [0.3, 0.4) is 0 Å². The quantitative estimate of drug-likeness (QED) is 0.810. The molecule has 0 aliphatic heterocycles. The Balaban J connectivity index is 2.12. The highest BCUT2D eigenvalue weighted by Crippen LogP contribution is 2.30. The number of nitrogens with one attached hydrogen (secondary N) is 1. The predicted molar refractivity (Wildman–Crippen MR) is 86.0 cm³/mol. The van der Waals surface area contributed by atoms with Crippen LogP contribution in [0.2, 0.25) is 0 Å². The van der Waals surface area contributed by atoms with Gasteiger partial charge in [-0.2, -0.15) is 13.2 Å². The van der Waals surface area contributed by atoms with E-state index < -0.39 is 11.7 Å². The third kappa shape index (κ3) is 4.99. The monoisotopic (exact) mass is 353 g/mol. The number of amides is 1. The largest absolute Gasteiger partial charge is 0.416 e. The molecule has 0 radical (unpaired) electrons. The summed E-state index contributed by atoms with van der Waals surface area (Å²) >= 11 is 0. The molecule has 1 N–H and O–H groups in total. The first-order chi connectivity index (χ1) is 11.8. The van der Waals surface area contributed by atoms with Gasteiger partial charge in [0.15, 0.2) is 5.82 Å². The zero-order valence-electron chi connectivity index (χ0n) is 13.9. The average Bonchev–Trinajstić information content (AvgIpc) is 2.58. The maximum Gasteiger partial charge on any atom is 0.416 e. The highest BCUT2D eigenvalue weighted by molar-refractivity contribution is 5.95. The van der Waals surface area contributed by atoms with Crippen molar-refractivity contribution in [3.8, 4) is 11.4 Å². The number of hydrogen-bond acceptors (Lipinski definition) is 4. The molecule has 0 fully saturated rings. The van der Waals surface area contributed by atoms with E-state index in [1.807, 2.05) is 0 Å². The summed E-state index contributed by atoms with van der Waals surface area (Å²) in [5.74, 6) is -0.0327. The average molecular weight is 353 g/mol. The molecular formula is C17H18F3N3O2. The van der Waals surface area contributed by atoms with Crippen molar-refractivity contribution in [1.82, 2.24) is 15.3 Å². The van der Waals surface area contributed by atoms with Crippen LogP contribution in [-0.4, -0.2) is 36.1 Å². The summed E-state index contributed by atoms with van der Waals surface area (Å²) in [5.41, 5.74) is 0.491. The number of aromatic nitrogens is 2. The van der Waals surface area contributed by atoms with Gasteiger partial charge >= 0.3 is 6.18 Å². The Kier molecular flexibility index (Phi) is 6.08. The molecule has 134 valence electrons. The SMILES string of the molecule is COCCCNC(=O)c1cnc(-c2ccc(C(F)(F)F)cc2)nc1C. The van der Waals surface area contributed by atoms with Crippen molar-refractivity contribution < 1.29 is 22.7 Å². The second-order valence-electron chi connectivity index (χ2n) is 5.37. The van der Waals surface area contributed by atoms with E-state index in [1.54, 1.807) is 14.0 Å². The van der Waals surface area contributed by atoms with Crippen LogP contribution in [0.1, 0.15) is 28.0 Å². The maximum absolute atomic E-state index is 12.6. The lowest BCUT2D eigenvalue weighted by atomic mass is 10.1. The summed E-state index contributed by atoms with van der Waals surface area (Å²) in [5, 5.41) is 2.73. The molecular weight excluding hydrogens is 335 g/mol. The normalized spacial score (nSPS) is 11.4. The van der Waals surface area contributed by atoms with E-state index in [9.17, 15) is 18.0 Å². The number of carbonyl (C=O) groups is 1. The summed E-state index contributed by atoms with van der Waals surface area (Å²) in [4.78, 5) is 20.4. The fourth-order valence-corrected chi connectivity index (χ4v) is 2.15. The molecule has 0 saturated carbocycles. The van der Waals surface area contributed by atoms with Crippen LogP contribution in [0.4, 0.5) is 13.2 Å². The number of aryl methyl sites for hydroxylation is 1. The molecule has 8 heteroatoms. The highest BCUT2D eigenvalue weighted by atomic mass is 19.4. The van der Waals surface area contributed by atoms with Gasteiger partial charge in [-0.1, -0.05) is 12.1 Å². The van der Waals surface area contributed by atoms with Gasteiger partial charge in [0.1, 0.15) is 0 Å². The lowest BCUT2D eigenvalue weighted by Crippen LogP contribution is -2.26. The summed E-state index contributed by atoms with van der Waals surface area (Å²) in [7, 11) is 1.58. The zero-order chi connectivity index (χ0) is 18.4. The zero-order valence-corrected chi connectivity index (χ0v) is 13.9. The Morgan fingerprint density at radius 1 is 1.24 bits per heavy atom. The van der Waals surface area contributed by atoms with Crippen LogP contribution in [0.15, 0.2) is 30.5 Å². The Morgan fingerprint density at radius 2 is 1.92 bits per heavy atom. The van der Waals surface area contributed by atoms with Crippen molar-refractivity contribution in [3.05, 3.63) is 47.3 Å². The van der Waals surface area contributed by atoms with Crippen molar-refractivity contribution in [3.63, 3.8) is 0 Å². The van der Waals surface area contributed by atoms with E-state index in [0.29, 0.717) is 36.4 Å². The van der Waals surface area contributed by atoms with Gasteiger partial charge in [0.25, 0.3) is 5.91 Å². The number of ether oxygens (including phenoxy) is 1. The molecule has 0 saturated heterocycles. The van der Waals surface area contributed by atoms with Crippen LogP contribution < -0.4 is 5.32 Å². The highest BCUT2D eigenvalue weighted by Gasteiger charge is 2.30. The minimum Gasteiger partial charge on any atom is -0.385 e. The van der Waals surface area contributed by atoms with Crippen LogP contribution in [0, 0.1) is 6.92 Å². The van der Waals surface area contributed by atoms with Gasteiger partial charge in [-0.25, -0.2) is 9.97 Å². The second kappa shape index (κ2) is 8.06. The molecule has 0 unspecified atom stereocenters. The minimum absolute atomic E-state index is 0.266. The minimum atomic E-state index is -4.39. The number of alkyl halides is 3. The van der Waals surface area contributed by atoms with Crippen molar-refractivity contribution in [2.75, 3.05) is 20.3 Å². The Hall–Kier alpha value is -2.48. The van der Waals surface area contributed by atoms with Crippen LogP contribution in [0.25, 0.3) is 11.4 Å². The number of methoxy groups -OCH3 is 1. The standard InChI is InChI=1S/C17H18F3N3O2/c1-11-14(16(24)21-8-3-9-25-2)10-22-15(23-11)12-4-6-13(7-5-12)17(18,19)20/h4-7,10H,3,8-9H2,1-2H3,(H,21,24). The van der Waals surface area contributed by atoms with Crippen LogP contribution >= 0.6 is 0 Å². The van der Waals surface area contributed by atoms with Crippen LogP contribution in [0.5, 0.6) is 0 Å². The third-order valence-corrected chi connectivity index (χ3v) is 3.51. The predicted octanol–water partition coefficient (Wildman–Crippen LogP) is 3.24.